The van der Waals surface area contributed by atoms with Crippen LogP contribution in [0.3, 0.4) is 0 Å². The van der Waals surface area contributed by atoms with Gasteiger partial charge in [-0.25, -0.2) is 0 Å². The maximum atomic E-state index is 9.26. The van der Waals surface area contributed by atoms with Gasteiger partial charge in [-0.15, -0.1) is 0 Å². The molecule has 0 aliphatic heterocycles. The smallest absolute Gasteiger partial charge is 0.101 e. The van der Waals surface area contributed by atoms with E-state index in [0.29, 0.717) is 31.8 Å². The average Bonchev–Trinajstić information content (AvgIpc) is 2.44. The Bertz CT molecular complexity index is 673. The van der Waals surface area contributed by atoms with Crippen molar-refractivity contribution in [3.63, 3.8) is 0 Å². The minimum Gasteiger partial charge on any atom is -0.264 e. The fourth-order valence-corrected chi connectivity index (χ4v) is 2.09. The molecule has 0 fully saturated rings. The van der Waals surface area contributed by atoms with Crippen LogP contribution in [0.4, 0.5) is 0 Å². The minimum absolute atomic E-state index is 0.314. The van der Waals surface area contributed by atoms with E-state index in [4.69, 9.17) is 34.8 Å². The topological polar surface area (TPSA) is 36.7 Å². The molecule has 0 aliphatic rings. The first-order chi connectivity index (χ1) is 9.13. The first-order valence-electron chi connectivity index (χ1n) is 5.29. The van der Waals surface area contributed by atoms with Gasteiger partial charge in [0.25, 0.3) is 0 Å². The fourth-order valence-electron chi connectivity index (χ4n) is 1.53. The molecule has 1 aromatic carbocycles. The van der Waals surface area contributed by atoms with Crippen LogP contribution >= 0.6 is 34.8 Å². The highest BCUT2D eigenvalue weighted by atomic mass is 35.5. The molecule has 0 aliphatic carbocycles. The van der Waals surface area contributed by atoms with Gasteiger partial charge in [0.2, 0.25) is 0 Å². The molecule has 0 saturated heterocycles. The molecule has 0 radical (unpaired) electrons. The third-order valence-electron chi connectivity index (χ3n) is 2.45. The summed E-state index contributed by atoms with van der Waals surface area (Å²) < 4.78 is 0. The summed E-state index contributed by atoms with van der Waals surface area (Å²) in [4.78, 5) is 3.97. The third kappa shape index (κ3) is 3.08. The first kappa shape index (κ1) is 13.9. The number of benzene rings is 1. The van der Waals surface area contributed by atoms with Gasteiger partial charge in [-0.05, 0) is 23.8 Å². The van der Waals surface area contributed by atoms with E-state index in [9.17, 15) is 5.26 Å². The molecule has 2 rings (SSSR count). The molecule has 2 aromatic rings. The summed E-state index contributed by atoms with van der Waals surface area (Å²) in [6, 6.07) is 10.6. The van der Waals surface area contributed by atoms with Crippen molar-refractivity contribution < 1.29 is 0 Å². The summed E-state index contributed by atoms with van der Waals surface area (Å²) in [6.07, 6.45) is 3.21. The van der Waals surface area contributed by atoms with Crippen LogP contribution in [0.5, 0.6) is 0 Å². The molecular weight excluding hydrogens is 303 g/mol. The molecule has 0 atom stereocenters. The molecule has 19 heavy (non-hydrogen) atoms. The summed E-state index contributed by atoms with van der Waals surface area (Å²) in [5.74, 6) is 0. The minimum atomic E-state index is 0.314. The number of pyridine rings is 1. The van der Waals surface area contributed by atoms with E-state index in [1.807, 2.05) is 0 Å². The molecule has 0 spiro atoms. The predicted molar refractivity (Wildman–Crippen MR) is 79.0 cm³/mol. The standard InChI is InChI=1S/C14H7Cl3N2/c15-12-4-3-9(6-13(12)16)14(17)11(7-18)10-2-1-5-19-8-10/h1-6,8H/b14-11-. The van der Waals surface area contributed by atoms with E-state index in [2.05, 4.69) is 11.1 Å². The van der Waals surface area contributed by atoms with Crippen LogP contribution in [0.1, 0.15) is 11.1 Å². The number of halogens is 3. The second kappa shape index (κ2) is 6.08. The van der Waals surface area contributed by atoms with Gasteiger partial charge in [0.1, 0.15) is 6.07 Å². The predicted octanol–water partition coefficient (Wildman–Crippen LogP) is 5.02. The van der Waals surface area contributed by atoms with Crippen LogP contribution in [-0.2, 0) is 0 Å². The summed E-state index contributed by atoms with van der Waals surface area (Å²) >= 11 is 18.1. The summed E-state index contributed by atoms with van der Waals surface area (Å²) in [5.41, 5.74) is 1.63. The highest BCUT2D eigenvalue weighted by molar-refractivity contribution is 6.53. The number of allylic oxidation sites excluding steroid dienone is 1. The van der Waals surface area contributed by atoms with Gasteiger partial charge in [-0.1, -0.05) is 46.9 Å². The average molecular weight is 310 g/mol. The number of nitrogens with zero attached hydrogens (tertiary/aromatic N) is 2. The monoisotopic (exact) mass is 308 g/mol. The second-order valence-electron chi connectivity index (χ2n) is 3.67. The lowest BCUT2D eigenvalue weighted by Gasteiger charge is -2.05. The molecule has 94 valence electrons. The Morgan fingerprint density at radius 1 is 1.11 bits per heavy atom. The fraction of sp³-hybridized carbons (Fsp3) is 0. The molecule has 0 saturated carbocycles. The van der Waals surface area contributed by atoms with Gasteiger partial charge in [0.05, 0.1) is 20.7 Å². The van der Waals surface area contributed by atoms with Crippen LogP contribution < -0.4 is 0 Å². The molecule has 2 nitrogen and oxygen atoms in total. The summed E-state index contributed by atoms with van der Waals surface area (Å²) in [5, 5.41) is 10.4. The Morgan fingerprint density at radius 2 is 1.89 bits per heavy atom. The van der Waals surface area contributed by atoms with Crippen LogP contribution in [-0.4, -0.2) is 4.98 Å². The quantitative estimate of drug-likeness (QED) is 0.730. The Labute approximate surface area is 125 Å². The maximum Gasteiger partial charge on any atom is 0.101 e. The van der Waals surface area contributed by atoms with Gasteiger partial charge in [0.15, 0.2) is 0 Å². The molecule has 0 N–H and O–H groups in total. The highest BCUT2D eigenvalue weighted by Gasteiger charge is 2.11. The second-order valence-corrected chi connectivity index (χ2v) is 4.86. The number of hydrogen-bond donors (Lipinski definition) is 0. The van der Waals surface area contributed by atoms with Crippen LogP contribution in [0.2, 0.25) is 10.0 Å². The van der Waals surface area contributed by atoms with Crippen molar-refractivity contribution in [2.24, 2.45) is 0 Å². The Hall–Kier alpha value is -1.53. The number of rotatable bonds is 2. The molecule has 1 heterocycles. The van der Waals surface area contributed by atoms with E-state index in [-0.39, 0.29) is 0 Å². The van der Waals surface area contributed by atoms with Gasteiger partial charge in [-0.3, -0.25) is 4.98 Å². The van der Waals surface area contributed by atoms with Crippen LogP contribution in [0, 0.1) is 11.3 Å². The van der Waals surface area contributed by atoms with Crippen molar-refractivity contribution in [3.05, 3.63) is 63.9 Å². The molecular formula is C14H7Cl3N2. The van der Waals surface area contributed by atoms with Crippen molar-refractivity contribution in [3.8, 4) is 6.07 Å². The molecule has 0 unspecified atom stereocenters. The number of nitriles is 1. The largest absolute Gasteiger partial charge is 0.264 e. The van der Waals surface area contributed by atoms with Crippen molar-refractivity contribution in [2.45, 2.75) is 0 Å². The van der Waals surface area contributed by atoms with Gasteiger partial charge in [0, 0.05) is 18.0 Å². The van der Waals surface area contributed by atoms with E-state index >= 15 is 0 Å². The van der Waals surface area contributed by atoms with E-state index in [1.54, 1.807) is 42.7 Å². The zero-order valence-electron chi connectivity index (χ0n) is 9.57. The molecule has 5 heteroatoms. The zero-order valence-corrected chi connectivity index (χ0v) is 11.8. The van der Waals surface area contributed by atoms with Crippen molar-refractivity contribution in [2.75, 3.05) is 0 Å². The van der Waals surface area contributed by atoms with Gasteiger partial charge < -0.3 is 0 Å². The summed E-state index contributed by atoms with van der Waals surface area (Å²) in [7, 11) is 0. The van der Waals surface area contributed by atoms with Gasteiger partial charge in [-0.2, -0.15) is 5.26 Å². The molecule has 1 aromatic heterocycles. The maximum absolute atomic E-state index is 9.26. The van der Waals surface area contributed by atoms with Crippen LogP contribution in [0.15, 0.2) is 42.7 Å². The third-order valence-corrected chi connectivity index (χ3v) is 3.60. The lowest BCUT2D eigenvalue weighted by Crippen LogP contribution is -1.87. The van der Waals surface area contributed by atoms with Crippen molar-refractivity contribution >= 4 is 45.4 Å². The highest BCUT2D eigenvalue weighted by Crippen LogP contribution is 2.32. The number of aromatic nitrogens is 1. The van der Waals surface area contributed by atoms with Crippen molar-refractivity contribution in [1.29, 1.82) is 5.26 Å². The lowest BCUT2D eigenvalue weighted by molar-refractivity contribution is 1.31. The Kier molecular flexibility index (Phi) is 4.44. The normalized spacial score (nSPS) is 11.7. The van der Waals surface area contributed by atoms with Gasteiger partial charge >= 0.3 is 0 Å². The zero-order chi connectivity index (χ0) is 13.8. The van der Waals surface area contributed by atoms with E-state index < -0.39 is 0 Å². The van der Waals surface area contributed by atoms with E-state index in [0.717, 1.165) is 0 Å². The Balaban J connectivity index is 2.56. The first-order valence-corrected chi connectivity index (χ1v) is 6.42. The molecule has 0 bridgehead atoms. The Morgan fingerprint density at radius 3 is 2.47 bits per heavy atom. The molecule has 0 amide bonds. The summed E-state index contributed by atoms with van der Waals surface area (Å²) in [6.45, 7) is 0. The van der Waals surface area contributed by atoms with E-state index in [1.165, 1.54) is 0 Å². The van der Waals surface area contributed by atoms with Crippen LogP contribution in [0.25, 0.3) is 10.6 Å². The number of hydrogen-bond acceptors (Lipinski definition) is 2. The van der Waals surface area contributed by atoms with Crippen molar-refractivity contribution in [1.82, 2.24) is 4.98 Å². The lowest BCUT2D eigenvalue weighted by atomic mass is 10.1. The SMILES string of the molecule is N#C/C(=C(/Cl)c1ccc(Cl)c(Cl)c1)c1cccnc1.